The van der Waals surface area contributed by atoms with Crippen LogP contribution in [0.2, 0.25) is 0 Å². The summed E-state index contributed by atoms with van der Waals surface area (Å²) in [5, 5.41) is 20.1. The third-order valence-electron chi connectivity index (χ3n) is 12.4. The standard InChI is InChI=1S/C54H88N2O2/c1-3-5-7-9-11-13-15-17-19-21-23-25-27-29-31-33-35-37-51-53(47-39-43-49(57)44-40-47)56-52(54(55-51)48-41-45-50(58)46-42-48)38-36-34-32-30-28-26-24-22-20-18-16-14-12-10-8-6-4-2/h39-46,57-58H,3-38H2,1-2H3. The van der Waals surface area contributed by atoms with E-state index in [1.54, 1.807) is 24.3 Å². The Morgan fingerprint density at radius 1 is 0.293 bits per heavy atom. The van der Waals surface area contributed by atoms with Gasteiger partial charge in [-0.1, -0.05) is 219 Å². The number of benzene rings is 2. The molecule has 0 amide bonds. The van der Waals surface area contributed by atoms with E-state index in [2.05, 4.69) is 13.8 Å². The van der Waals surface area contributed by atoms with Gasteiger partial charge < -0.3 is 10.2 Å². The van der Waals surface area contributed by atoms with Gasteiger partial charge in [-0.15, -0.1) is 0 Å². The van der Waals surface area contributed by atoms with Gasteiger partial charge in [0.2, 0.25) is 0 Å². The molecule has 0 aliphatic carbocycles. The maximum absolute atomic E-state index is 10.1. The van der Waals surface area contributed by atoms with Crippen molar-refractivity contribution in [3.63, 3.8) is 0 Å². The summed E-state index contributed by atoms with van der Waals surface area (Å²) in [7, 11) is 0. The summed E-state index contributed by atoms with van der Waals surface area (Å²) in [6.45, 7) is 4.59. The number of aromatic nitrogens is 2. The molecule has 0 saturated heterocycles. The summed E-state index contributed by atoms with van der Waals surface area (Å²) in [6.07, 6.45) is 48.3. The quantitative estimate of drug-likeness (QED) is 0.0567. The molecule has 3 aromatic rings. The zero-order valence-electron chi connectivity index (χ0n) is 37.9. The number of aryl methyl sites for hydroxylation is 2. The lowest BCUT2D eigenvalue weighted by molar-refractivity contribution is 0.475. The molecular formula is C54H88N2O2. The van der Waals surface area contributed by atoms with E-state index in [4.69, 9.17) is 9.97 Å². The van der Waals surface area contributed by atoms with Crippen molar-refractivity contribution in [3.8, 4) is 34.0 Å². The molecule has 0 bridgehead atoms. The predicted molar refractivity (Wildman–Crippen MR) is 252 cm³/mol. The number of unbranched alkanes of at least 4 members (excludes halogenated alkanes) is 32. The summed E-state index contributed by atoms with van der Waals surface area (Å²) in [5.41, 5.74) is 6.05. The monoisotopic (exact) mass is 797 g/mol. The van der Waals surface area contributed by atoms with Crippen molar-refractivity contribution in [2.75, 3.05) is 0 Å². The van der Waals surface area contributed by atoms with Crippen molar-refractivity contribution in [1.82, 2.24) is 9.97 Å². The van der Waals surface area contributed by atoms with Crippen LogP contribution in [0.3, 0.4) is 0 Å². The molecule has 4 heteroatoms. The maximum Gasteiger partial charge on any atom is 0.115 e. The van der Waals surface area contributed by atoms with Crippen LogP contribution < -0.4 is 0 Å². The highest BCUT2D eigenvalue weighted by atomic mass is 16.3. The Morgan fingerprint density at radius 3 is 0.724 bits per heavy atom. The Morgan fingerprint density at radius 2 is 0.500 bits per heavy atom. The number of phenols is 2. The fourth-order valence-electron chi connectivity index (χ4n) is 8.59. The average Bonchev–Trinajstić information content (AvgIpc) is 3.24. The van der Waals surface area contributed by atoms with E-state index in [1.165, 1.54) is 205 Å². The topological polar surface area (TPSA) is 66.2 Å². The largest absolute Gasteiger partial charge is 0.508 e. The number of phenolic OH excluding ortho intramolecular Hbond substituents is 2. The van der Waals surface area contributed by atoms with E-state index in [9.17, 15) is 10.2 Å². The highest BCUT2D eigenvalue weighted by Gasteiger charge is 2.17. The number of rotatable bonds is 38. The summed E-state index contributed by atoms with van der Waals surface area (Å²) in [4.78, 5) is 10.7. The Kier molecular flexibility index (Phi) is 28.9. The lowest BCUT2D eigenvalue weighted by Gasteiger charge is -2.16. The lowest BCUT2D eigenvalue weighted by atomic mass is 9.99. The molecule has 0 aliphatic rings. The van der Waals surface area contributed by atoms with Gasteiger partial charge in [0.1, 0.15) is 11.5 Å². The van der Waals surface area contributed by atoms with Crippen molar-refractivity contribution in [3.05, 3.63) is 59.9 Å². The first-order valence-electron chi connectivity index (χ1n) is 25.1. The maximum atomic E-state index is 10.1. The van der Waals surface area contributed by atoms with Crippen LogP contribution in [0, 0.1) is 0 Å². The van der Waals surface area contributed by atoms with Crippen LogP contribution in [0.1, 0.15) is 244 Å². The van der Waals surface area contributed by atoms with E-state index < -0.39 is 0 Å². The molecular weight excluding hydrogens is 709 g/mol. The average molecular weight is 797 g/mol. The van der Waals surface area contributed by atoms with Gasteiger partial charge in [0.25, 0.3) is 0 Å². The molecule has 0 atom stereocenters. The van der Waals surface area contributed by atoms with Crippen molar-refractivity contribution in [2.45, 2.75) is 245 Å². The minimum absolute atomic E-state index is 0.274. The number of aromatic hydroxyl groups is 2. The number of nitrogens with zero attached hydrogens (tertiary/aromatic N) is 2. The van der Waals surface area contributed by atoms with Crippen LogP contribution in [0.15, 0.2) is 48.5 Å². The second-order valence-corrected chi connectivity index (χ2v) is 17.7. The van der Waals surface area contributed by atoms with E-state index >= 15 is 0 Å². The smallest absolute Gasteiger partial charge is 0.115 e. The predicted octanol–water partition coefficient (Wildman–Crippen LogP) is 17.6. The van der Waals surface area contributed by atoms with Gasteiger partial charge >= 0.3 is 0 Å². The van der Waals surface area contributed by atoms with Gasteiger partial charge in [-0.05, 0) is 74.2 Å². The van der Waals surface area contributed by atoms with E-state index in [-0.39, 0.29) is 11.5 Å². The zero-order valence-corrected chi connectivity index (χ0v) is 37.9. The Balaban J connectivity index is 1.42. The molecule has 326 valence electrons. The molecule has 0 radical (unpaired) electrons. The first-order chi connectivity index (χ1) is 28.6. The molecule has 2 aromatic carbocycles. The molecule has 0 spiro atoms. The van der Waals surface area contributed by atoms with Crippen molar-refractivity contribution < 1.29 is 10.2 Å². The van der Waals surface area contributed by atoms with Gasteiger partial charge in [-0.3, -0.25) is 0 Å². The van der Waals surface area contributed by atoms with Gasteiger partial charge in [0, 0.05) is 11.1 Å². The first-order valence-corrected chi connectivity index (χ1v) is 25.1. The third-order valence-corrected chi connectivity index (χ3v) is 12.4. The molecule has 0 unspecified atom stereocenters. The third kappa shape index (κ3) is 23.1. The van der Waals surface area contributed by atoms with Crippen LogP contribution in [-0.2, 0) is 12.8 Å². The minimum atomic E-state index is 0.274. The second-order valence-electron chi connectivity index (χ2n) is 17.7. The van der Waals surface area contributed by atoms with Crippen LogP contribution in [0.4, 0.5) is 0 Å². The normalized spacial score (nSPS) is 11.5. The fraction of sp³-hybridized carbons (Fsp3) is 0.704. The molecule has 58 heavy (non-hydrogen) atoms. The van der Waals surface area contributed by atoms with E-state index in [0.29, 0.717) is 0 Å². The van der Waals surface area contributed by atoms with Crippen LogP contribution in [0.5, 0.6) is 11.5 Å². The molecule has 1 aromatic heterocycles. The van der Waals surface area contributed by atoms with Crippen molar-refractivity contribution in [1.29, 1.82) is 0 Å². The van der Waals surface area contributed by atoms with Gasteiger partial charge in [0.05, 0.1) is 22.8 Å². The number of hydrogen-bond acceptors (Lipinski definition) is 4. The molecule has 0 saturated carbocycles. The Hall–Kier alpha value is -2.88. The van der Waals surface area contributed by atoms with E-state index in [1.807, 2.05) is 24.3 Å². The van der Waals surface area contributed by atoms with Crippen LogP contribution in [-0.4, -0.2) is 20.2 Å². The molecule has 4 nitrogen and oxygen atoms in total. The molecule has 3 rings (SSSR count). The zero-order chi connectivity index (χ0) is 41.1. The first kappa shape index (κ1) is 49.5. The molecule has 1 heterocycles. The summed E-state index contributed by atoms with van der Waals surface area (Å²) in [6, 6.07) is 15.0. The summed E-state index contributed by atoms with van der Waals surface area (Å²) >= 11 is 0. The van der Waals surface area contributed by atoms with Gasteiger partial charge in [-0.2, -0.15) is 0 Å². The van der Waals surface area contributed by atoms with Crippen molar-refractivity contribution in [2.24, 2.45) is 0 Å². The van der Waals surface area contributed by atoms with Gasteiger partial charge in [0.15, 0.2) is 0 Å². The lowest BCUT2D eigenvalue weighted by Crippen LogP contribution is -2.06. The summed E-state index contributed by atoms with van der Waals surface area (Å²) < 4.78 is 0. The molecule has 2 N–H and O–H groups in total. The minimum Gasteiger partial charge on any atom is -0.508 e. The molecule has 0 aliphatic heterocycles. The highest BCUT2D eigenvalue weighted by molar-refractivity contribution is 5.68. The van der Waals surface area contributed by atoms with Gasteiger partial charge in [-0.25, -0.2) is 9.97 Å². The SMILES string of the molecule is CCCCCCCCCCCCCCCCCCCc1nc(-c2ccc(O)cc2)c(CCCCCCCCCCCCCCCCCCC)nc1-c1ccc(O)cc1. The Bertz CT molecular complexity index is 1280. The fourth-order valence-corrected chi connectivity index (χ4v) is 8.59. The second kappa shape index (κ2) is 33.9. The van der Waals surface area contributed by atoms with Crippen molar-refractivity contribution >= 4 is 0 Å². The Labute approximate surface area is 357 Å². The molecule has 0 fully saturated rings. The van der Waals surface area contributed by atoms with Crippen LogP contribution in [0.25, 0.3) is 22.5 Å². The van der Waals surface area contributed by atoms with E-state index in [0.717, 1.165) is 59.6 Å². The number of hydrogen-bond donors (Lipinski definition) is 2. The summed E-state index contributed by atoms with van der Waals surface area (Å²) in [5.74, 6) is 0.548. The van der Waals surface area contributed by atoms with Crippen LogP contribution >= 0.6 is 0 Å². The highest BCUT2D eigenvalue weighted by Crippen LogP contribution is 2.31.